The van der Waals surface area contributed by atoms with Crippen LogP contribution in [-0.2, 0) is 0 Å². The van der Waals surface area contributed by atoms with Gasteiger partial charge in [-0.25, -0.2) is 0 Å². The minimum Gasteiger partial charge on any atom is -0.337 e. The zero-order valence-electron chi connectivity index (χ0n) is 11.6. The highest BCUT2D eigenvalue weighted by Crippen LogP contribution is 2.30. The summed E-state index contributed by atoms with van der Waals surface area (Å²) < 4.78 is 0.850. The van der Waals surface area contributed by atoms with E-state index < -0.39 is 0 Å². The van der Waals surface area contributed by atoms with Crippen molar-refractivity contribution < 1.29 is 4.79 Å². The Morgan fingerprint density at radius 2 is 2.05 bits per heavy atom. The lowest BCUT2D eigenvalue weighted by molar-refractivity contribution is 0.0739. The number of nitrogens with zero attached hydrogens (tertiary/aromatic N) is 2. The van der Waals surface area contributed by atoms with Crippen LogP contribution in [0.2, 0.25) is 0 Å². The van der Waals surface area contributed by atoms with Crippen molar-refractivity contribution in [1.29, 1.82) is 0 Å². The third-order valence-electron chi connectivity index (χ3n) is 4.62. The monoisotopic (exact) mass is 354 g/mol. The van der Waals surface area contributed by atoms with Crippen LogP contribution in [0, 0.1) is 0 Å². The predicted molar refractivity (Wildman–Crippen MR) is 86.5 cm³/mol. The Bertz CT molecular complexity index is 537. The molecule has 0 spiro atoms. The summed E-state index contributed by atoms with van der Waals surface area (Å²) >= 11 is 7.82. The number of halogens is 1. The lowest BCUT2D eigenvalue weighted by atomic mass is 10.1. The lowest BCUT2D eigenvalue weighted by Gasteiger charge is -2.26. The summed E-state index contributed by atoms with van der Waals surface area (Å²) in [7, 11) is 2.20. The summed E-state index contributed by atoms with van der Waals surface area (Å²) in [6.45, 7) is 1.70. The summed E-state index contributed by atoms with van der Waals surface area (Å²) in [5.41, 5.74) is 0.720. The number of carbonyl (C=O) groups is 1. The molecule has 2 fully saturated rings. The number of likely N-dealkylation sites (tertiary alicyclic amines) is 1. The number of benzene rings is 1. The van der Waals surface area contributed by atoms with E-state index in [-0.39, 0.29) is 5.91 Å². The average molecular weight is 355 g/mol. The molecule has 108 valence electrons. The molecule has 0 N–H and O–H groups in total. The number of hydrogen-bond acceptors (Lipinski definition) is 3. The molecule has 5 heteroatoms. The van der Waals surface area contributed by atoms with Crippen LogP contribution in [-0.4, -0.2) is 47.9 Å². The molecule has 2 aliphatic heterocycles. The second-order valence-corrected chi connectivity index (χ2v) is 7.13. The van der Waals surface area contributed by atoms with Gasteiger partial charge in [0.25, 0.3) is 5.91 Å². The van der Waals surface area contributed by atoms with Crippen LogP contribution in [0.5, 0.6) is 0 Å². The molecule has 2 unspecified atom stereocenters. The molecule has 1 aromatic rings. The number of hydrogen-bond donors (Lipinski definition) is 1. The Labute approximate surface area is 133 Å². The molecule has 20 heavy (non-hydrogen) atoms. The van der Waals surface area contributed by atoms with Crippen LogP contribution in [0.1, 0.15) is 29.6 Å². The van der Waals surface area contributed by atoms with Crippen LogP contribution in [0.25, 0.3) is 0 Å². The third kappa shape index (κ3) is 2.63. The highest BCUT2D eigenvalue weighted by atomic mass is 79.9. The molecule has 2 saturated heterocycles. The van der Waals surface area contributed by atoms with Gasteiger partial charge in [-0.2, -0.15) is 0 Å². The first-order chi connectivity index (χ1) is 9.56. The van der Waals surface area contributed by atoms with Gasteiger partial charge < -0.3 is 4.90 Å². The molecule has 1 amide bonds. The molecule has 3 rings (SSSR count). The first kappa shape index (κ1) is 14.4. The second-order valence-electron chi connectivity index (χ2n) is 5.75. The Hall–Kier alpha value is -0.520. The molecule has 2 aliphatic rings. The molecule has 2 bridgehead atoms. The lowest BCUT2D eigenvalue weighted by Crippen LogP contribution is -2.39. The van der Waals surface area contributed by atoms with Crippen LogP contribution < -0.4 is 0 Å². The van der Waals surface area contributed by atoms with E-state index in [1.165, 1.54) is 12.8 Å². The minimum absolute atomic E-state index is 0.119. The van der Waals surface area contributed by atoms with Crippen molar-refractivity contribution in [3.05, 3.63) is 28.2 Å². The van der Waals surface area contributed by atoms with Gasteiger partial charge in [0.2, 0.25) is 0 Å². The third-order valence-corrected chi connectivity index (χ3v) is 5.59. The van der Waals surface area contributed by atoms with E-state index in [2.05, 4.69) is 40.5 Å². The molecule has 0 saturated carbocycles. The van der Waals surface area contributed by atoms with Gasteiger partial charge in [-0.1, -0.05) is 0 Å². The molecule has 0 radical (unpaired) electrons. The smallest absolute Gasteiger partial charge is 0.255 e. The second kappa shape index (κ2) is 5.70. The summed E-state index contributed by atoms with van der Waals surface area (Å²) in [5.74, 6) is 0.119. The Morgan fingerprint density at radius 3 is 2.85 bits per heavy atom. The summed E-state index contributed by atoms with van der Waals surface area (Å²) in [6, 6.07) is 6.80. The molecule has 0 aromatic heterocycles. The predicted octanol–water partition coefficient (Wildman–Crippen LogP) is 3.05. The Balaban J connectivity index is 1.82. The summed E-state index contributed by atoms with van der Waals surface area (Å²) in [6.07, 6.45) is 3.56. The fraction of sp³-hybridized carbons (Fsp3) is 0.533. The van der Waals surface area contributed by atoms with Crippen molar-refractivity contribution in [1.82, 2.24) is 9.80 Å². The van der Waals surface area contributed by atoms with Gasteiger partial charge in [-0.15, -0.1) is 12.6 Å². The molecular formula is C15H19BrN2OS. The maximum absolute atomic E-state index is 12.8. The largest absolute Gasteiger partial charge is 0.337 e. The standard InChI is InChI=1S/C15H19BrN2OS/c1-17-10-2-3-11(17)9-18(7-6-10)15(19)13-8-12(20)4-5-14(13)16/h4-5,8,10-11,20H,2-3,6-7,9H2,1H3. The maximum Gasteiger partial charge on any atom is 0.255 e. The highest BCUT2D eigenvalue weighted by molar-refractivity contribution is 9.10. The van der Waals surface area contributed by atoms with Crippen molar-refractivity contribution >= 4 is 34.5 Å². The van der Waals surface area contributed by atoms with Gasteiger partial charge >= 0.3 is 0 Å². The summed E-state index contributed by atoms with van der Waals surface area (Å²) in [5, 5.41) is 0. The quantitative estimate of drug-likeness (QED) is 0.783. The maximum atomic E-state index is 12.8. The van der Waals surface area contributed by atoms with Crippen LogP contribution in [0.15, 0.2) is 27.6 Å². The molecular weight excluding hydrogens is 336 g/mol. The molecule has 3 nitrogen and oxygen atoms in total. The van der Waals surface area contributed by atoms with Crippen molar-refractivity contribution in [2.45, 2.75) is 36.2 Å². The van der Waals surface area contributed by atoms with Crippen molar-refractivity contribution in [3.63, 3.8) is 0 Å². The van der Waals surface area contributed by atoms with Crippen molar-refractivity contribution in [2.24, 2.45) is 0 Å². The zero-order valence-corrected chi connectivity index (χ0v) is 14.0. The van der Waals surface area contributed by atoms with Gasteiger partial charge in [0.05, 0.1) is 5.56 Å². The number of likely N-dealkylation sites (N-methyl/N-ethyl adjacent to an activating group) is 1. The number of carbonyl (C=O) groups excluding carboxylic acids is 1. The van der Waals surface area contributed by atoms with Crippen LogP contribution in [0.4, 0.5) is 0 Å². The Kier molecular flexibility index (Phi) is 4.11. The number of thiol groups is 1. The zero-order chi connectivity index (χ0) is 14.3. The SMILES string of the molecule is CN1C2CCC1CN(C(=O)c1cc(S)ccc1Br)CC2. The number of amides is 1. The van der Waals surface area contributed by atoms with Gasteiger partial charge in [0.1, 0.15) is 0 Å². The molecule has 2 atom stereocenters. The van der Waals surface area contributed by atoms with E-state index in [4.69, 9.17) is 0 Å². The van der Waals surface area contributed by atoms with Crippen LogP contribution >= 0.6 is 28.6 Å². The van der Waals surface area contributed by atoms with E-state index in [0.29, 0.717) is 12.1 Å². The van der Waals surface area contributed by atoms with E-state index in [0.717, 1.165) is 34.4 Å². The molecule has 0 aliphatic carbocycles. The minimum atomic E-state index is 0.119. The van der Waals surface area contributed by atoms with Gasteiger partial charge in [-0.3, -0.25) is 9.69 Å². The van der Waals surface area contributed by atoms with Gasteiger partial charge in [0, 0.05) is 34.5 Å². The highest BCUT2D eigenvalue weighted by Gasteiger charge is 2.36. The molecule has 1 aromatic carbocycles. The fourth-order valence-corrected chi connectivity index (χ4v) is 3.96. The van der Waals surface area contributed by atoms with E-state index in [9.17, 15) is 4.79 Å². The molecule has 2 heterocycles. The van der Waals surface area contributed by atoms with Crippen LogP contribution in [0.3, 0.4) is 0 Å². The Morgan fingerprint density at radius 1 is 1.30 bits per heavy atom. The average Bonchev–Trinajstić information content (AvgIpc) is 2.65. The van der Waals surface area contributed by atoms with Crippen molar-refractivity contribution in [3.8, 4) is 0 Å². The first-order valence-electron chi connectivity index (χ1n) is 7.06. The fourth-order valence-electron chi connectivity index (χ4n) is 3.34. The van der Waals surface area contributed by atoms with Gasteiger partial charge in [-0.05, 0) is 60.4 Å². The van der Waals surface area contributed by atoms with Crippen molar-refractivity contribution in [2.75, 3.05) is 20.1 Å². The van der Waals surface area contributed by atoms with E-state index >= 15 is 0 Å². The summed E-state index contributed by atoms with van der Waals surface area (Å²) in [4.78, 5) is 18.0. The van der Waals surface area contributed by atoms with Gasteiger partial charge in [0.15, 0.2) is 0 Å². The van der Waals surface area contributed by atoms with E-state index in [1.54, 1.807) is 0 Å². The van der Waals surface area contributed by atoms with E-state index in [1.807, 2.05) is 23.1 Å². The number of rotatable bonds is 1. The number of fused-ring (bicyclic) bond motifs is 2. The topological polar surface area (TPSA) is 23.6 Å². The normalized spacial score (nSPS) is 26.6. The first-order valence-corrected chi connectivity index (χ1v) is 8.30.